The molecule has 2 saturated heterocycles. The van der Waals surface area contributed by atoms with Crippen LogP contribution in [0.1, 0.15) is 12.8 Å². The standard InChI is InChI=1S/C10H22B2NO7P/c11-9-1-5(7(3-14)19-9)13-21(16,17)18-4-8-6(15)2-10(12)20-8/h5-10,14-15H,1-4,11-12H2,(H2,13,16,17)/t5?,6-,7-,8-,9-,10-/m1/s1. The van der Waals surface area contributed by atoms with Gasteiger partial charge in [-0.2, -0.15) is 0 Å². The lowest BCUT2D eigenvalue weighted by Gasteiger charge is -2.23. The SMILES string of the molecule is B[C@H]1CC(NP(=O)(O)OC[C@H]2O[C@@H](B)C[C@H]2O)[C@@H](CO)O1. The van der Waals surface area contributed by atoms with Gasteiger partial charge in [0.15, 0.2) is 0 Å². The molecule has 0 radical (unpaired) electrons. The smallest absolute Gasteiger partial charge is 0.394 e. The molecule has 120 valence electrons. The van der Waals surface area contributed by atoms with Crippen LogP contribution in [0, 0.1) is 0 Å². The van der Waals surface area contributed by atoms with E-state index in [2.05, 4.69) is 5.09 Å². The Morgan fingerprint density at radius 2 is 1.86 bits per heavy atom. The van der Waals surface area contributed by atoms with Crippen LogP contribution in [0.4, 0.5) is 0 Å². The summed E-state index contributed by atoms with van der Waals surface area (Å²) in [5, 5.41) is 21.4. The highest BCUT2D eigenvalue weighted by atomic mass is 31.2. The molecule has 2 fully saturated rings. The van der Waals surface area contributed by atoms with Gasteiger partial charge in [-0.05, 0) is 12.8 Å². The second-order valence-electron chi connectivity index (χ2n) is 5.74. The van der Waals surface area contributed by atoms with Gasteiger partial charge in [0.2, 0.25) is 0 Å². The number of aliphatic hydroxyl groups excluding tert-OH is 2. The van der Waals surface area contributed by atoms with Crippen molar-refractivity contribution in [2.24, 2.45) is 0 Å². The summed E-state index contributed by atoms with van der Waals surface area (Å²) in [6.45, 7) is -0.400. The van der Waals surface area contributed by atoms with E-state index in [4.69, 9.17) is 14.0 Å². The Morgan fingerprint density at radius 3 is 2.43 bits per heavy atom. The van der Waals surface area contributed by atoms with Crippen LogP contribution in [0.25, 0.3) is 0 Å². The normalized spacial score (nSPS) is 43.0. The molecule has 0 saturated carbocycles. The summed E-state index contributed by atoms with van der Waals surface area (Å²) in [6, 6.07) is -0.642. The minimum absolute atomic E-state index is 0.0949. The molecule has 0 aliphatic carbocycles. The van der Waals surface area contributed by atoms with Crippen LogP contribution in [0.5, 0.6) is 0 Å². The second kappa shape index (κ2) is 7.10. The van der Waals surface area contributed by atoms with Crippen LogP contribution in [-0.2, 0) is 18.6 Å². The largest absolute Gasteiger partial charge is 0.403 e. The van der Waals surface area contributed by atoms with Gasteiger partial charge in [-0.3, -0.25) is 4.52 Å². The quantitative estimate of drug-likeness (QED) is 0.300. The van der Waals surface area contributed by atoms with Crippen molar-refractivity contribution in [2.45, 2.75) is 49.2 Å². The number of ether oxygens (including phenoxy) is 2. The van der Waals surface area contributed by atoms with Gasteiger partial charge in [-0.1, -0.05) is 0 Å². The molecule has 0 aromatic carbocycles. The van der Waals surface area contributed by atoms with Crippen molar-refractivity contribution in [1.82, 2.24) is 5.09 Å². The first-order valence-corrected chi connectivity index (χ1v) is 8.73. The zero-order valence-electron chi connectivity index (χ0n) is 12.2. The molecule has 0 amide bonds. The fourth-order valence-corrected chi connectivity index (χ4v) is 3.89. The summed E-state index contributed by atoms with van der Waals surface area (Å²) in [6.07, 6.45) is -0.830. The minimum Gasteiger partial charge on any atom is -0.394 e. The van der Waals surface area contributed by atoms with E-state index in [9.17, 15) is 19.7 Å². The second-order valence-corrected chi connectivity index (χ2v) is 7.30. The van der Waals surface area contributed by atoms with E-state index in [1.54, 1.807) is 0 Å². The topological polar surface area (TPSA) is 117 Å². The fourth-order valence-electron chi connectivity index (χ4n) is 2.77. The zero-order valence-corrected chi connectivity index (χ0v) is 13.1. The summed E-state index contributed by atoms with van der Waals surface area (Å²) in [4.78, 5) is 9.83. The molecule has 4 N–H and O–H groups in total. The van der Waals surface area contributed by atoms with Gasteiger partial charge >= 0.3 is 7.75 Å². The number of aliphatic hydroxyl groups is 2. The molecule has 0 aromatic rings. The first-order chi connectivity index (χ1) is 9.80. The Hall–Kier alpha value is 0.0799. The fraction of sp³-hybridized carbons (Fsp3) is 1.00. The lowest BCUT2D eigenvalue weighted by molar-refractivity contribution is -0.00132. The van der Waals surface area contributed by atoms with E-state index in [1.807, 2.05) is 15.7 Å². The van der Waals surface area contributed by atoms with E-state index < -0.39 is 32.1 Å². The van der Waals surface area contributed by atoms with Gasteiger partial charge in [0.25, 0.3) is 0 Å². The van der Waals surface area contributed by atoms with Gasteiger partial charge in [-0.15, -0.1) is 0 Å². The Labute approximate surface area is 125 Å². The van der Waals surface area contributed by atoms with Crippen molar-refractivity contribution in [2.75, 3.05) is 13.2 Å². The van der Waals surface area contributed by atoms with Crippen LogP contribution in [0.3, 0.4) is 0 Å². The minimum atomic E-state index is -4.05. The number of hydrogen-bond acceptors (Lipinski definition) is 6. The molecular weight excluding hydrogens is 299 g/mol. The Kier molecular flexibility index (Phi) is 5.90. The van der Waals surface area contributed by atoms with Crippen LogP contribution < -0.4 is 5.09 Å². The molecule has 0 bridgehead atoms. The van der Waals surface area contributed by atoms with Gasteiger partial charge in [0, 0.05) is 18.0 Å². The molecule has 2 aliphatic rings. The van der Waals surface area contributed by atoms with Crippen molar-refractivity contribution in [3.63, 3.8) is 0 Å². The number of rotatable bonds is 6. The summed E-state index contributed by atoms with van der Waals surface area (Å²) in [5.41, 5.74) is 0. The van der Waals surface area contributed by atoms with Gasteiger partial charge in [-0.25, -0.2) is 9.65 Å². The molecule has 0 aromatic heterocycles. The lowest BCUT2D eigenvalue weighted by atomic mass is 9.95. The van der Waals surface area contributed by atoms with Crippen LogP contribution in [0.15, 0.2) is 0 Å². The average molecular weight is 321 g/mol. The molecule has 2 rings (SSSR count). The molecule has 8 nitrogen and oxygen atoms in total. The van der Waals surface area contributed by atoms with Crippen molar-refractivity contribution in [1.29, 1.82) is 0 Å². The summed E-state index contributed by atoms with van der Waals surface area (Å²) < 4.78 is 27.8. The van der Waals surface area contributed by atoms with Crippen molar-refractivity contribution < 1.29 is 33.7 Å². The van der Waals surface area contributed by atoms with E-state index in [0.717, 1.165) is 0 Å². The predicted molar refractivity (Wildman–Crippen MR) is 79.4 cm³/mol. The molecule has 2 unspecified atom stereocenters. The predicted octanol–water partition coefficient (Wildman–Crippen LogP) is -3.09. The highest BCUT2D eigenvalue weighted by Crippen LogP contribution is 2.40. The van der Waals surface area contributed by atoms with Gasteiger partial charge in [0.05, 0.1) is 25.4 Å². The van der Waals surface area contributed by atoms with E-state index >= 15 is 0 Å². The molecule has 21 heavy (non-hydrogen) atoms. The monoisotopic (exact) mass is 321 g/mol. The molecule has 2 heterocycles. The summed E-state index contributed by atoms with van der Waals surface area (Å²) in [5.74, 6) is 0. The number of hydrogen-bond donors (Lipinski definition) is 4. The Bertz CT molecular complexity index is 404. The van der Waals surface area contributed by atoms with Crippen LogP contribution in [-0.4, -0.2) is 80.4 Å². The number of nitrogens with one attached hydrogen (secondary N) is 1. The first kappa shape index (κ1) is 17.4. The van der Waals surface area contributed by atoms with Crippen LogP contribution >= 0.6 is 7.75 Å². The average Bonchev–Trinajstić information content (AvgIpc) is 2.88. The van der Waals surface area contributed by atoms with Gasteiger partial charge < -0.3 is 24.6 Å². The maximum atomic E-state index is 12.0. The molecule has 11 heteroatoms. The third-order valence-electron chi connectivity index (χ3n) is 3.77. The summed E-state index contributed by atoms with van der Waals surface area (Å²) in [7, 11) is -0.396. The van der Waals surface area contributed by atoms with E-state index in [-0.39, 0.29) is 25.2 Å². The first-order valence-electron chi connectivity index (χ1n) is 7.15. The molecule has 7 atom stereocenters. The Morgan fingerprint density at radius 1 is 1.24 bits per heavy atom. The van der Waals surface area contributed by atoms with E-state index in [0.29, 0.717) is 12.8 Å². The molecule has 2 aliphatic heterocycles. The zero-order chi connectivity index (χ0) is 15.6. The molecular formula is C10H22B2NO7P. The summed E-state index contributed by atoms with van der Waals surface area (Å²) >= 11 is 0. The maximum Gasteiger partial charge on any atom is 0.403 e. The third-order valence-corrected chi connectivity index (χ3v) is 4.93. The van der Waals surface area contributed by atoms with Crippen molar-refractivity contribution in [3.8, 4) is 0 Å². The van der Waals surface area contributed by atoms with Gasteiger partial charge in [0.1, 0.15) is 21.8 Å². The van der Waals surface area contributed by atoms with Crippen LogP contribution in [0.2, 0.25) is 0 Å². The Balaban J connectivity index is 1.83. The van der Waals surface area contributed by atoms with Crippen molar-refractivity contribution >= 4 is 23.4 Å². The lowest BCUT2D eigenvalue weighted by Crippen LogP contribution is -2.37. The highest BCUT2D eigenvalue weighted by molar-refractivity contribution is 7.50. The third kappa shape index (κ3) is 4.77. The maximum absolute atomic E-state index is 12.0. The van der Waals surface area contributed by atoms with Crippen molar-refractivity contribution in [3.05, 3.63) is 0 Å². The highest BCUT2D eigenvalue weighted by Gasteiger charge is 2.38. The molecule has 0 spiro atoms. The van der Waals surface area contributed by atoms with E-state index in [1.165, 1.54) is 0 Å².